The van der Waals surface area contributed by atoms with Crippen LogP contribution in [-0.2, 0) is 0 Å². The lowest BCUT2D eigenvalue weighted by Gasteiger charge is -2.08. The highest BCUT2D eigenvalue weighted by atomic mass is 32.1. The number of fused-ring (bicyclic) bond motifs is 32. The van der Waals surface area contributed by atoms with Gasteiger partial charge in [-0.05, 0) is 190 Å². The Labute approximate surface area is 835 Å². The molecule has 0 amide bonds. The monoisotopic (exact) mass is 1920 g/mol. The molecule has 12 heterocycles. The molecule has 0 radical (unpaired) electrons. The number of aromatic nitrogens is 4. The fraction of sp³-hybridized carbons (Fsp3) is 0. The van der Waals surface area contributed by atoms with E-state index in [1.54, 1.807) is 0 Å². The van der Waals surface area contributed by atoms with Gasteiger partial charge in [-0.15, -0.1) is 90.7 Å². The first kappa shape index (κ1) is 81.5. The standard InChI is InChI=1S/4C32H19NS2/c1-2-9-21(10-3-1)33-27-15-6-4-12-25(27)32-30(33)26-18-17-20(19-29(26)35-32)22-13-8-14-24-23-11-5-7-16-28(23)34-31(22)24;1-2-9-21(10-3-1)33-26-14-6-4-11-23(26)32-31(33)25-18-17-20(19-29(25)35-32)22-13-8-16-28-30(22)24-12-5-7-15-27(24)34-28;1-2-8-22(9-3-1)33-27-12-6-4-11-24(27)32-31(33)25-16-14-21(19-30(25)35-32)20-15-17-29-26(18-20)23-10-5-7-13-28(23)34-29;1-2-8-22(9-3-1)33-27-12-6-4-11-25(27)32-31(33)26-17-15-21(19-30(26)35-32)20-14-16-24-23-10-5-7-13-28(23)34-29(24)18-20/h4*1-19H. The Morgan fingerprint density at radius 3 is 0.807 bits per heavy atom. The van der Waals surface area contributed by atoms with Crippen molar-refractivity contribution in [1.82, 2.24) is 18.3 Å². The summed E-state index contributed by atoms with van der Waals surface area (Å²) >= 11 is 15.2. The second kappa shape index (κ2) is 33.0. The lowest BCUT2D eigenvalue weighted by molar-refractivity contribution is 1.19. The zero-order chi connectivity index (χ0) is 91.7. The first-order valence-corrected chi connectivity index (χ1v) is 53.7. The second-order valence-electron chi connectivity index (χ2n) is 35.9. The van der Waals surface area contributed by atoms with Crippen LogP contribution in [0.5, 0.6) is 0 Å². The Morgan fingerprint density at radius 1 is 0.129 bits per heavy atom. The maximum absolute atomic E-state index is 2.43. The van der Waals surface area contributed by atoms with Crippen LogP contribution in [0.4, 0.5) is 0 Å². The molecule has 0 aliphatic rings. The molecule has 20 aromatic carbocycles. The summed E-state index contributed by atoms with van der Waals surface area (Å²) in [6.45, 7) is 0. The number of rotatable bonds is 8. The molecule has 656 valence electrons. The molecule has 32 rings (SSSR count). The zero-order valence-electron chi connectivity index (χ0n) is 74.9. The van der Waals surface area contributed by atoms with E-state index in [-0.39, 0.29) is 0 Å². The van der Waals surface area contributed by atoms with E-state index in [0.29, 0.717) is 0 Å². The van der Waals surface area contributed by atoms with Gasteiger partial charge in [-0.25, -0.2) is 0 Å². The largest absolute Gasteiger partial charge is 0.308 e. The molecule has 12 heteroatoms. The van der Waals surface area contributed by atoms with Crippen LogP contribution in [-0.4, -0.2) is 18.3 Å². The highest BCUT2D eigenvalue weighted by Crippen LogP contribution is 2.52. The molecule has 0 saturated heterocycles. The van der Waals surface area contributed by atoms with Crippen molar-refractivity contribution in [2.24, 2.45) is 0 Å². The SMILES string of the molecule is c1ccc(-n2c3ccccc3c3sc4cc(-c5ccc6c(c5)sc5ccccc56)ccc4c32)cc1.c1ccc(-n2c3ccccc3c3sc4cc(-c5ccc6sc7ccccc7c6c5)ccc4c32)cc1.c1ccc(-n2c3ccccc3c3sc4cc(-c5cccc6c5sc5ccccc56)ccc4c32)cc1.c1ccc(-n2c3ccccc3c3sc4cc(-c5cccc6sc7ccccc7c56)ccc4c32)cc1. The summed E-state index contributed by atoms with van der Waals surface area (Å²) in [5.41, 5.74) is 25.4. The Hall–Kier alpha value is -15.7. The van der Waals surface area contributed by atoms with Gasteiger partial charge in [0.25, 0.3) is 0 Å². The van der Waals surface area contributed by atoms with Crippen LogP contribution in [0, 0.1) is 0 Å². The minimum atomic E-state index is 1.21. The average Bonchev–Trinajstić information content (AvgIpc) is 1.55. The van der Waals surface area contributed by atoms with Crippen molar-refractivity contribution >= 4 is 296 Å². The van der Waals surface area contributed by atoms with Gasteiger partial charge in [-0.2, -0.15) is 0 Å². The number of hydrogen-bond acceptors (Lipinski definition) is 8. The molecule has 0 bridgehead atoms. The van der Waals surface area contributed by atoms with Crippen molar-refractivity contribution in [3.05, 3.63) is 461 Å². The van der Waals surface area contributed by atoms with E-state index in [1.165, 1.54) is 273 Å². The lowest BCUT2D eigenvalue weighted by atomic mass is 9.99. The topological polar surface area (TPSA) is 19.7 Å². The average molecular weight is 1930 g/mol. The van der Waals surface area contributed by atoms with E-state index >= 15 is 0 Å². The third kappa shape index (κ3) is 13.1. The van der Waals surface area contributed by atoms with Gasteiger partial charge in [0.2, 0.25) is 0 Å². The molecular formula is C128H76N4S8. The molecule has 0 atom stereocenters. The summed E-state index contributed by atoms with van der Waals surface area (Å²) in [6.07, 6.45) is 0. The van der Waals surface area contributed by atoms with Crippen molar-refractivity contribution in [1.29, 1.82) is 0 Å². The molecule has 12 aromatic heterocycles. The van der Waals surface area contributed by atoms with Crippen molar-refractivity contribution in [2.45, 2.75) is 0 Å². The van der Waals surface area contributed by atoms with E-state index in [0.717, 1.165) is 0 Å². The molecule has 0 unspecified atom stereocenters. The first-order valence-electron chi connectivity index (χ1n) is 47.1. The predicted octanol–water partition coefficient (Wildman–Crippen LogP) is 40.1. The fourth-order valence-electron chi connectivity index (χ4n) is 21.8. The number of benzene rings is 20. The van der Waals surface area contributed by atoms with E-state index in [1.807, 2.05) is 90.7 Å². The lowest BCUT2D eigenvalue weighted by Crippen LogP contribution is -1.92. The molecule has 0 spiro atoms. The third-order valence-electron chi connectivity index (χ3n) is 28.0. The van der Waals surface area contributed by atoms with Gasteiger partial charge in [-0.1, -0.05) is 315 Å². The van der Waals surface area contributed by atoms with Crippen LogP contribution in [0.2, 0.25) is 0 Å². The van der Waals surface area contributed by atoms with E-state index in [2.05, 4.69) is 479 Å². The Balaban J connectivity index is 0.0000000896. The van der Waals surface area contributed by atoms with E-state index in [4.69, 9.17) is 0 Å². The molecule has 0 fully saturated rings. The van der Waals surface area contributed by atoms with Gasteiger partial charge in [0.1, 0.15) is 0 Å². The van der Waals surface area contributed by atoms with Crippen LogP contribution < -0.4 is 0 Å². The molecule has 0 N–H and O–H groups in total. The van der Waals surface area contributed by atoms with Crippen LogP contribution in [0.1, 0.15) is 0 Å². The summed E-state index contributed by atoms with van der Waals surface area (Å²) in [6, 6.07) is 168. The van der Waals surface area contributed by atoms with Gasteiger partial charge in [0.05, 0.1) is 62.9 Å². The van der Waals surface area contributed by atoms with Gasteiger partial charge in [0, 0.05) is 165 Å². The van der Waals surface area contributed by atoms with Gasteiger partial charge < -0.3 is 18.3 Å². The van der Waals surface area contributed by atoms with Crippen LogP contribution in [0.15, 0.2) is 461 Å². The summed E-state index contributed by atoms with van der Waals surface area (Å²) in [5, 5.41) is 21.4. The van der Waals surface area contributed by atoms with Crippen molar-refractivity contribution in [3.8, 4) is 67.3 Å². The zero-order valence-corrected chi connectivity index (χ0v) is 81.5. The maximum Gasteiger partial charge on any atom is 0.0727 e. The smallest absolute Gasteiger partial charge is 0.0727 e. The molecule has 0 aliphatic heterocycles. The van der Waals surface area contributed by atoms with Crippen LogP contribution in [0.25, 0.3) is 273 Å². The maximum atomic E-state index is 2.43. The second-order valence-corrected chi connectivity index (χ2v) is 44.4. The molecular weight excluding hydrogens is 1850 g/mol. The van der Waals surface area contributed by atoms with Crippen molar-refractivity contribution in [2.75, 3.05) is 0 Å². The molecule has 4 nitrogen and oxygen atoms in total. The highest BCUT2D eigenvalue weighted by molar-refractivity contribution is 7.29. The summed E-state index contributed by atoms with van der Waals surface area (Å²) in [7, 11) is 0. The quantitative estimate of drug-likeness (QED) is 0.144. The van der Waals surface area contributed by atoms with E-state index < -0.39 is 0 Å². The number of thiophene rings is 8. The van der Waals surface area contributed by atoms with Gasteiger partial charge in [-0.3, -0.25) is 0 Å². The molecule has 0 aliphatic carbocycles. The van der Waals surface area contributed by atoms with Crippen molar-refractivity contribution in [3.63, 3.8) is 0 Å². The third-order valence-corrected chi connectivity index (χ3v) is 37.4. The Kier molecular flexibility index (Phi) is 19.2. The van der Waals surface area contributed by atoms with Gasteiger partial charge in [0.15, 0.2) is 0 Å². The number of nitrogens with zero attached hydrogens (tertiary/aromatic N) is 4. The summed E-state index contributed by atoms with van der Waals surface area (Å²) in [4.78, 5) is 0. The Bertz CT molecular complexity index is 10600. The van der Waals surface area contributed by atoms with Crippen LogP contribution >= 0.6 is 90.7 Å². The Morgan fingerprint density at radius 2 is 0.379 bits per heavy atom. The minimum absolute atomic E-state index is 1.21. The molecule has 0 saturated carbocycles. The van der Waals surface area contributed by atoms with Crippen molar-refractivity contribution < 1.29 is 0 Å². The predicted molar refractivity (Wildman–Crippen MR) is 618 cm³/mol. The first-order chi connectivity index (χ1) is 69.4. The normalized spacial score (nSPS) is 12.0. The number of para-hydroxylation sites is 8. The summed E-state index contributed by atoms with van der Waals surface area (Å²) in [5.74, 6) is 0. The fourth-order valence-corrected chi connectivity index (χ4v) is 31.4. The summed E-state index contributed by atoms with van der Waals surface area (Å²) < 4.78 is 31.3. The van der Waals surface area contributed by atoms with Gasteiger partial charge >= 0.3 is 0 Å². The van der Waals surface area contributed by atoms with Crippen LogP contribution in [0.3, 0.4) is 0 Å². The number of hydrogen-bond donors (Lipinski definition) is 0. The molecule has 32 aromatic rings. The minimum Gasteiger partial charge on any atom is -0.308 e. The molecule has 140 heavy (non-hydrogen) atoms. The van der Waals surface area contributed by atoms with E-state index in [9.17, 15) is 0 Å². The highest BCUT2D eigenvalue weighted by Gasteiger charge is 2.26.